The molecule has 2 aromatic rings. The second-order valence-electron chi connectivity index (χ2n) is 10.2. The normalized spacial score (nSPS) is 26.2. The predicted molar refractivity (Wildman–Crippen MR) is 124 cm³/mol. The zero-order valence-electron chi connectivity index (χ0n) is 18.9. The van der Waals surface area contributed by atoms with E-state index in [0.29, 0.717) is 18.0 Å². The number of imide groups is 1. The number of rotatable bonds is 4. The van der Waals surface area contributed by atoms with Crippen LogP contribution in [0.25, 0.3) is 11.3 Å². The third-order valence-corrected chi connectivity index (χ3v) is 8.96. The highest BCUT2D eigenvalue weighted by molar-refractivity contribution is 7.14. The van der Waals surface area contributed by atoms with Crippen LogP contribution in [0.2, 0.25) is 0 Å². The summed E-state index contributed by atoms with van der Waals surface area (Å²) in [4.78, 5) is 44.6. The zero-order valence-corrected chi connectivity index (χ0v) is 19.7. The lowest BCUT2D eigenvalue weighted by Gasteiger charge is -2.47. The molecule has 2 bridgehead atoms. The minimum Gasteiger partial charge on any atom is -0.300 e. The summed E-state index contributed by atoms with van der Waals surface area (Å²) in [6.07, 6.45) is 6.09. The first-order chi connectivity index (χ1) is 15.2. The van der Waals surface area contributed by atoms with Gasteiger partial charge in [-0.25, -0.2) is 4.98 Å². The third kappa shape index (κ3) is 3.20. The lowest BCUT2D eigenvalue weighted by molar-refractivity contribution is -0.168. The molecule has 0 spiro atoms. The molecule has 2 heterocycles. The Bertz CT molecular complexity index is 1120. The number of aromatic nitrogens is 1. The van der Waals surface area contributed by atoms with Gasteiger partial charge in [-0.1, -0.05) is 32.9 Å². The van der Waals surface area contributed by atoms with Crippen LogP contribution >= 0.6 is 11.3 Å². The number of benzene rings is 1. The number of hydrogen-bond acceptors (Lipinski definition) is 5. The number of carbonyl (C=O) groups is 3. The number of anilines is 1. The summed E-state index contributed by atoms with van der Waals surface area (Å²) in [6, 6.07) is 6.48. The first-order valence-corrected chi connectivity index (χ1v) is 12.3. The largest absolute Gasteiger partial charge is 0.300 e. The molecule has 2 aliphatic carbocycles. The quantitative estimate of drug-likeness (QED) is 0.697. The van der Waals surface area contributed by atoms with Crippen molar-refractivity contribution in [2.75, 3.05) is 11.9 Å². The van der Waals surface area contributed by atoms with Crippen molar-refractivity contribution in [3.63, 3.8) is 0 Å². The van der Waals surface area contributed by atoms with E-state index in [-0.39, 0.29) is 35.6 Å². The number of aryl methyl sites for hydroxylation is 2. The van der Waals surface area contributed by atoms with E-state index in [1.165, 1.54) is 35.3 Å². The van der Waals surface area contributed by atoms with Crippen LogP contribution in [0.3, 0.4) is 0 Å². The molecule has 2 fully saturated rings. The molecule has 1 N–H and O–H groups in total. The molecule has 1 aromatic heterocycles. The molecule has 3 aliphatic rings. The van der Waals surface area contributed by atoms with Crippen molar-refractivity contribution in [3.05, 3.63) is 34.7 Å². The van der Waals surface area contributed by atoms with Gasteiger partial charge in [-0.3, -0.25) is 19.3 Å². The van der Waals surface area contributed by atoms with Crippen LogP contribution in [0.4, 0.5) is 5.13 Å². The van der Waals surface area contributed by atoms with E-state index in [2.05, 4.69) is 28.5 Å². The van der Waals surface area contributed by atoms with E-state index in [4.69, 9.17) is 0 Å². The van der Waals surface area contributed by atoms with E-state index >= 15 is 0 Å². The maximum Gasteiger partial charge on any atom is 0.246 e. The summed E-state index contributed by atoms with van der Waals surface area (Å²) in [5.41, 5.74) is 3.71. The smallest absolute Gasteiger partial charge is 0.246 e. The maximum atomic E-state index is 13.1. The van der Waals surface area contributed by atoms with E-state index in [0.717, 1.165) is 29.0 Å². The number of likely N-dealkylation sites (tertiary alicyclic amines) is 1. The van der Waals surface area contributed by atoms with Gasteiger partial charge in [0.25, 0.3) is 0 Å². The standard InChI is InChI=1S/C25H29N3O3S/c1-24(2)18-10-11-25(24,3)22(31)28(21(18)30)13-20(29)27-23-26-19(14-32-23)17-9-8-15-6-4-5-7-16(15)12-17/h8-9,12,14,18H,4-7,10-11,13H2,1-3H3,(H,26,27,29). The highest BCUT2D eigenvalue weighted by Gasteiger charge is 2.64. The molecule has 2 unspecified atom stereocenters. The molecule has 5 rings (SSSR count). The minimum absolute atomic E-state index is 0.214. The number of nitrogens with one attached hydrogen (secondary N) is 1. The molecule has 168 valence electrons. The fourth-order valence-electron chi connectivity index (χ4n) is 5.71. The topological polar surface area (TPSA) is 79.4 Å². The molecule has 0 radical (unpaired) electrons. The summed E-state index contributed by atoms with van der Waals surface area (Å²) in [7, 11) is 0. The number of thiazole rings is 1. The monoisotopic (exact) mass is 451 g/mol. The van der Waals surface area contributed by atoms with Crippen LogP contribution in [0, 0.1) is 16.7 Å². The molecule has 3 amide bonds. The van der Waals surface area contributed by atoms with Crippen molar-refractivity contribution in [2.24, 2.45) is 16.7 Å². The lowest BCUT2D eigenvalue weighted by atomic mass is 9.62. The number of fused-ring (bicyclic) bond motifs is 3. The molecule has 1 aromatic carbocycles. The average Bonchev–Trinajstić information content (AvgIpc) is 3.30. The summed E-state index contributed by atoms with van der Waals surface area (Å²) in [6.45, 7) is 5.66. The van der Waals surface area contributed by atoms with Gasteiger partial charge in [-0.15, -0.1) is 11.3 Å². The third-order valence-electron chi connectivity index (χ3n) is 8.20. The van der Waals surface area contributed by atoms with E-state index < -0.39 is 5.41 Å². The summed E-state index contributed by atoms with van der Waals surface area (Å²) in [5, 5.41) is 5.20. The second-order valence-corrected chi connectivity index (χ2v) is 11.0. The van der Waals surface area contributed by atoms with Gasteiger partial charge >= 0.3 is 0 Å². The number of amides is 3. The van der Waals surface area contributed by atoms with Gasteiger partial charge in [0, 0.05) is 16.9 Å². The van der Waals surface area contributed by atoms with E-state index in [9.17, 15) is 14.4 Å². The van der Waals surface area contributed by atoms with Crippen LogP contribution in [-0.2, 0) is 27.2 Å². The van der Waals surface area contributed by atoms with Gasteiger partial charge in [0.15, 0.2) is 5.13 Å². The molecular weight excluding hydrogens is 422 g/mol. The molecule has 1 saturated heterocycles. The Morgan fingerprint density at radius 1 is 1.19 bits per heavy atom. The van der Waals surface area contributed by atoms with Crippen LogP contribution in [-0.4, -0.2) is 34.2 Å². The van der Waals surface area contributed by atoms with Gasteiger partial charge in [0.05, 0.1) is 11.1 Å². The van der Waals surface area contributed by atoms with Crippen LogP contribution in [0.5, 0.6) is 0 Å². The van der Waals surface area contributed by atoms with Gasteiger partial charge in [-0.2, -0.15) is 0 Å². The Labute approximate surface area is 192 Å². The number of carbonyl (C=O) groups excluding carboxylic acids is 3. The van der Waals surface area contributed by atoms with Crippen LogP contribution in [0.1, 0.15) is 57.6 Å². The molecule has 1 aliphatic heterocycles. The van der Waals surface area contributed by atoms with Crippen molar-refractivity contribution in [1.29, 1.82) is 0 Å². The summed E-state index contributed by atoms with van der Waals surface area (Å²) < 4.78 is 0. The van der Waals surface area contributed by atoms with Crippen LogP contribution in [0.15, 0.2) is 23.6 Å². The Hall–Kier alpha value is -2.54. The summed E-state index contributed by atoms with van der Waals surface area (Å²) in [5.74, 6) is -1.06. The van der Waals surface area contributed by atoms with Crippen molar-refractivity contribution in [3.8, 4) is 11.3 Å². The lowest BCUT2D eigenvalue weighted by Crippen LogP contribution is -2.60. The molecule has 7 heteroatoms. The molecular formula is C25H29N3O3S. The first-order valence-electron chi connectivity index (χ1n) is 11.4. The van der Waals surface area contributed by atoms with E-state index in [1.54, 1.807) is 0 Å². The highest BCUT2D eigenvalue weighted by atomic mass is 32.1. The highest BCUT2D eigenvalue weighted by Crippen LogP contribution is 2.60. The Morgan fingerprint density at radius 2 is 1.94 bits per heavy atom. The Morgan fingerprint density at radius 3 is 2.72 bits per heavy atom. The fraction of sp³-hybridized carbons (Fsp3) is 0.520. The van der Waals surface area contributed by atoms with Crippen molar-refractivity contribution >= 4 is 34.2 Å². The predicted octanol–water partition coefficient (Wildman–Crippen LogP) is 4.44. The van der Waals surface area contributed by atoms with Gasteiger partial charge in [0.2, 0.25) is 17.7 Å². The van der Waals surface area contributed by atoms with Crippen molar-refractivity contribution < 1.29 is 14.4 Å². The summed E-state index contributed by atoms with van der Waals surface area (Å²) >= 11 is 1.35. The van der Waals surface area contributed by atoms with Gasteiger partial charge < -0.3 is 5.32 Å². The SMILES string of the molecule is CC12CCC(C(=O)N(CC(=O)Nc3nc(-c4ccc5c(c4)CCCC5)cs3)C1=O)C2(C)C. The van der Waals surface area contributed by atoms with Gasteiger partial charge in [-0.05, 0) is 61.1 Å². The molecule has 32 heavy (non-hydrogen) atoms. The van der Waals surface area contributed by atoms with Crippen LogP contribution < -0.4 is 5.32 Å². The number of piperidine rings is 1. The first kappa shape index (κ1) is 21.3. The second kappa shape index (κ2) is 7.51. The minimum atomic E-state index is -0.605. The zero-order chi connectivity index (χ0) is 22.7. The Balaban J connectivity index is 1.28. The van der Waals surface area contributed by atoms with Crippen molar-refractivity contribution in [1.82, 2.24) is 9.88 Å². The Kier molecular flexibility index (Phi) is 5.00. The van der Waals surface area contributed by atoms with E-state index in [1.807, 2.05) is 26.2 Å². The fourth-order valence-corrected chi connectivity index (χ4v) is 6.45. The average molecular weight is 452 g/mol. The van der Waals surface area contributed by atoms with Gasteiger partial charge in [0.1, 0.15) is 6.54 Å². The molecule has 2 atom stereocenters. The number of hydrogen-bond donors (Lipinski definition) is 1. The number of nitrogens with zero attached hydrogens (tertiary/aromatic N) is 2. The molecule has 6 nitrogen and oxygen atoms in total. The maximum absolute atomic E-state index is 13.1. The van der Waals surface area contributed by atoms with Crippen molar-refractivity contribution in [2.45, 2.75) is 59.3 Å². The molecule has 1 saturated carbocycles.